The van der Waals surface area contributed by atoms with Gasteiger partial charge in [0, 0.05) is 0 Å². The summed E-state index contributed by atoms with van der Waals surface area (Å²) >= 11 is 0. The molecular formula is C9H14N3O3P. The third kappa shape index (κ3) is 3.06. The van der Waals surface area contributed by atoms with Crippen molar-refractivity contribution in [3.63, 3.8) is 0 Å². The topological polar surface area (TPSA) is 122 Å². The summed E-state index contributed by atoms with van der Waals surface area (Å²) in [5, 5.41) is -0.168. The summed E-state index contributed by atoms with van der Waals surface area (Å²) in [5.41, 5.74) is 11.4. The Morgan fingerprint density at radius 2 is 2.06 bits per heavy atom. The Morgan fingerprint density at radius 3 is 2.50 bits per heavy atom. The number of aryl methyl sites for hydroxylation is 1. The van der Waals surface area contributed by atoms with Crippen LogP contribution in [0.1, 0.15) is 12.5 Å². The highest BCUT2D eigenvalue weighted by molar-refractivity contribution is 7.60. The molecule has 0 saturated carbocycles. The lowest BCUT2D eigenvalue weighted by Crippen LogP contribution is -2.22. The molecule has 1 aromatic carbocycles. The van der Waals surface area contributed by atoms with Crippen LogP contribution < -0.4 is 16.8 Å². The van der Waals surface area contributed by atoms with Crippen LogP contribution >= 0.6 is 7.60 Å². The maximum atomic E-state index is 11.2. The van der Waals surface area contributed by atoms with Crippen LogP contribution in [0.3, 0.4) is 0 Å². The van der Waals surface area contributed by atoms with Crippen LogP contribution in [0.5, 0.6) is 0 Å². The van der Waals surface area contributed by atoms with Gasteiger partial charge in [0.1, 0.15) is 0 Å². The number of rotatable bonds is 3. The third-order valence-corrected chi connectivity index (χ3v) is 3.02. The molecule has 0 atom stereocenters. The Balaban J connectivity index is 3.39. The molecule has 16 heavy (non-hydrogen) atoms. The van der Waals surface area contributed by atoms with Crippen LogP contribution in [0.25, 0.3) is 0 Å². The first-order valence-electron chi connectivity index (χ1n) is 4.63. The SMILES string of the molecule is CCc1ccc(P(=O)(O)O)c(N=C(N)N)c1. The minimum atomic E-state index is -4.36. The lowest BCUT2D eigenvalue weighted by Gasteiger charge is -2.09. The lowest BCUT2D eigenvalue weighted by molar-refractivity contribution is 0.387. The van der Waals surface area contributed by atoms with Gasteiger partial charge in [0.25, 0.3) is 0 Å². The van der Waals surface area contributed by atoms with Crippen molar-refractivity contribution in [1.29, 1.82) is 0 Å². The summed E-state index contributed by atoms with van der Waals surface area (Å²) in [4.78, 5) is 21.9. The van der Waals surface area contributed by atoms with E-state index in [-0.39, 0.29) is 17.0 Å². The molecule has 0 aliphatic heterocycles. The molecule has 0 aliphatic rings. The molecule has 7 heteroatoms. The highest BCUT2D eigenvalue weighted by Crippen LogP contribution is 2.37. The Kier molecular flexibility index (Phi) is 3.70. The number of hydrogen-bond donors (Lipinski definition) is 4. The van der Waals surface area contributed by atoms with Crippen LogP contribution in [0.15, 0.2) is 23.2 Å². The van der Waals surface area contributed by atoms with Gasteiger partial charge in [-0.05, 0) is 24.1 Å². The minimum Gasteiger partial charge on any atom is -0.370 e. The van der Waals surface area contributed by atoms with E-state index in [0.29, 0.717) is 0 Å². The number of guanidine groups is 1. The van der Waals surface area contributed by atoms with E-state index in [1.807, 2.05) is 6.92 Å². The van der Waals surface area contributed by atoms with Gasteiger partial charge in [-0.15, -0.1) is 0 Å². The molecule has 0 fully saturated rings. The van der Waals surface area contributed by atoms with Crippen molar-refractivity contribution in [2.24, 2.45) is 16.5 Å². The quantitative estimate of drug-likeness (QED) is 0.337. The van der Waals surface area contributed by atoms with E-state index >= 15 is 0 Å². The molecule has 0 radical (unpaired) electrons. The molecule has 0 heterocycles. The van der Waals surface area contributed by atoms with Crippen molar-refractivity contribution < 1.29 is 14.4 Å². The lowest BCUT2D eigenvalue weighted by atomic mass is 10.1. The normalized spacial score (nSPS) is 11.2. The van der Waals surface area contributed by atoms with Gasteiger partial charge in [-0.3, -0.25) is 4.57 Å². The van der Waals surface area contributed by atoms with Crippen molar-refractivity contribution in [2.75, 3.05) is 0 Å². The Hall–Kier alpha value is -1.36. The van der Waals surface area contributed by atoms with E-state index in [2.05, 4.69) is 4.99 Å². The highest BCUT2D eigenvalue weighted by Gasteiger charge is 2.21. The first-order valence-corrected chi connectivity index (χ1v) is 6.24. The fourth-order valence-corrected chi connectivity index (χ4v) is 1.95. The van der Waals surface area contributed by atoms with E-state index in [9.17, 15) is 4.57 Å². The van der Waals surface area contributed by atoms with Crippen LogP contribution in [0, 0.1) is 0 Å². The van der Waals surface area contributed by atoms with Crippen molar-refractivity contribution >= 4 is 24.5 Å². The predicted octanol–water partition coefficient (Wildman–Crippen LogP) is -0.0431. The zero-order valence-electron chi connectivity index (χ0n) is 8.79. The fourth-order valence-electron chi connectivity index (χ4n) is 1.26. The summed E-state index contributed by atoms with van der Waals surface area (Å²) in [6.07, 6.45) is 0.731. The van der Waals surface area contributed by atoms with Crippen LogP contribution in [-0.4, -0.2) is 15.7 Å². The van der Waals surface area contributed by atoms with E-state index in [1.165, 1.54) is 6.07 Å². The van der Waals surface area contributed by atoms with Gasteiger partial charge in [0.15, 0.2) is 5.96 Å². The smallest absolute Gasteiger partial charge is 0.358 e. The number of nitrogens with zero attached hydrogens (tertiary/aromatic N) is 1. The Labute approximate surface area is 93.2 Å². The van der Waals surface area contributed by atoms with E-state index in [4.69, 9.17) is 21.3 Å². The molecule has 0 saturated heterocycles. The van der Waals surface area contributed by atoms with E-state index in [0.717, 1.165) is 12.0 Å². The van der Waals surface area contributed by atoms with Crippen molar-refractivity contribution in [2.45, 2.75) is 13.3 Å². The second-order valence-electron chi connectivity index (χ2n) is 3.26. The first kappa shape index (κ1) is 12.7. The number of benzene rings is 1. The summed E-state index contributed by atoms with van der Waals surface area (Å²) < 4.78 is 11.2. The van der Waals surface area contributed by atoms with Gasteiger partial charge in [-0.25, -0.2) is 4.99 Å². The molecule has 0 aliphatic carbocycles. The molecule has 0 unspecified atom stereocenters. The summed E-state index contributed by atoms with van der Waals surface area (Å²) in [7, 11) is -4.36. The number of hydrogen-bond acceptors (Lipinski definition) is 2. The molecule has 6 N–H and O–H groups in total. The molecule has 0 bridgehead atoms. The maximum absolute atomic E-state index is 11.2. The van der Waals surface area contributed by atoms with Crippen molar-refractivity contribution in [1.82, 2.24) is 0 Å². The second kappa shape index (κ2) is 4.65. The van der Waals surface area contributed by atoms with Crippen LogP contribution in [0.4, 0.5) is 5.69 Å². The number of aliphatic imine (C=N–C) groups is 1. The molecular weight excluding hydrogens is 229 g/mol. The molecule has 0 spiro atoms. The van der Waals surface area contributed by atoms with Gasteiger partial charge in [0.2, 0.25) is 0 Å². The molecule has 1 rings (SSSR count). The zero-order valence-corrected chi connectivity index (χ0v) is 9.69. The van der Waals surface area contributed by atoms with Gasteiger partial charge in [-0.1, -0.05) is 13.0 Å². The monoisotopic (exact) mass is 243 g/mol. The van der Waals surface area contributed by atoms with Gasteiger partial charge >= 0.3 is 7.60 Å². The van der Waals surface area contributed by atoms with E-state index in [1.54, 1.807) is 12.1 Å². The zero-order chi connectivity index (χ0) is 12.3. The standard InChI is InChI=1S/C9H14N3O3P/c1-2-6-3-4-8(16(13,14)15)7(5-6)12-9(10)11/h3-5H,2H2,1H3,(H4,10,11,12)(H2,13,14,15). The average molecular weight is 243 g/mol. The molecule has 1 aromatic rings. The average Bonchev–Trinajstić information content (AvgIpc) is 2.14. The van der Waals surface area contributed by atoms with E-state index < -0.39 is 7.60 Å². The maximum Gasteiger partial charge on any atom is 0.358 e. The van der Waals surface area contributed by atoms with Crippen molar-refractivity contribution in [3.05, 3.63) is 23.8 Å². The largest absolute Gasteiger partial charge is 0.370 e. The van der Waals surface area contributed by atoms with Crippen LogP contribution in [-0.2, 0) is 11.0 Å². The highest BCUT2D eigenvalue weighted by atomic mass is 31.2. The summed E-state index contributed by atoms with van der Waals surface area (Å²) in [6, 6.07) is 4.55. The predicted molar refractivity (Wildman–Crippen MR) is 63.0 cm³/mol. The summed E-state index contributed by atoms with van der Waals surface area (Å²) in [6.45, 7) is 1.92. The van der Waals surface area contributed by atoms with Gasteiger partial charge in [0.05, 0.1) is 11.0 Å². The first-order chi connectivity index (χ1) is 7.34. The van der Waals surface area contributed by atoms with Crippen LogP contribution in [0.2, 0.25) is 0 Å². The minimum absolute atomic E-state index is 0.118. The van der Waals surface area contributed by atoms with Gasteiger partial charge < -0.3 is 21.3 Å². The fraction of sp³-hybridized carbons (Fsp3) is 0.222. The molecule has 0 aromatic heterocycles. The number of nitrogens with two attached hydrogens (primary N) is 2. The Morgan fingerprint density at radius 1 is 1.44 bits per heavy atom. The van der Waals surface area contributed by atoms with Gasteiger partial charge in [-0.2, -0.15) is 0 Å². The summed E-state index contributed by atoms with van der Waals surface area (Å²) in [5.74, 6) is -0.233. The molecule has 6 nitrogen and oxygen atoms in total. The van der Waals surface area contributed by atoms with Crippen molar-refractivity contribution in [3.8, 4) is 0 Å². The molecule has 88 valence electrons. The molecule has 0 amide bonds. The Bertz CT molecular complexity index is 463. The third-order valence-electron chi connectivity index (χ3n) is 2.01. The second-order valence-corrected chi connectivity index (χ2v) is 4.83.